The number of halogens is 1. The Morgan fingerprint density at radius 1 is 0.957 bits per heavy atom. The van der Waals surface area contributed by atoms with E-state index >= 15 is 0 Å². The Kier molecular flexibility index (Phi) is 5.86. The molecule has 0 aliphatic rings. The lowest BCUT2D eigenvalue weighted by Gasteiger charge is -2.22. The normalized spacial score (nSPS) is 10.3. The Morgan fingerprint density at radius 2 is 1.61 bits per heavy atom. The van der Waals surface area contributed by atoms with Gasteiger partial charge in [0.25, 0.3) is 5.91 Å². The second-order valence-electron chi connectivity index (χ2n) is 5.22. The lowest BCUT2D eigenvalue weighted by atomic mass is 10.1. The summed E-state index contributed by atoms with van der Waals surface area (Å²) in [6.07, 6.45) is 0.675. The molecular formula is C18H19FN2O2. The summed E-state index contributed by atoms with van der Waals surface area (Å²) < 4.78 is 13.8. The van der Waals surface area contributed by atoms with Gasteiger partial charge >= 0.3 is 0 Å². The minimum absolute atomic E-state index is 0.00466. The predicted molar refractivity (Wildman–Crippen MR) is 86.3 cm³/mol. The fourth-order valence-electron chi connectivity index (χ4n) is 2.27. The molecule has 0 aliphatic carbocycles. The quantitative estimate of drug-likeness (QED) is 0.853. The van der Waals surface area contributed by atoms with Crippen LogP contribution in [0.3, 0.4) is 0 Å². The number of primary amides is 1. The average molecular weight is 314 g/mol. The Bertz CT molecular complexity index is 674. The zero-order valence-electron chi connectivity index (χ0n) is 12.7. The first-order chi connectivity index (χ1) is 11.1. The van der Waals surface area contributed by atoms with Crippen molar-refractivity contribution < 1.29 is 14.0 Å². The maximum atomic E-state index is 13.8. The van der Waals surface area contributed by atoms with Gasteiger partial charge < -0.3 is 10.6 Å². The Labute approximate surface area is 134 Å². The fourth-order valence-corrected chi connectivity index (χ4v) is 2.27. The zero-order chi connectivity index (χ0) is 16.7. The van der Waals surface area contributed by atoms with Crippen molar-refractivity contribution in [3.05, 3.63) is 71.5 Å². The van der Waals surface area contributed by atoms with Gasteiger partial charge in [-0.25, -0.2) is 4.39 Å². The van der Waals surface area contributed by atoms with Crippen LogP contribution in [0, 0.1) is 5.82 Å². The summed E-state index contributed by atoms with van der Waals surface area (Å²) >= 11 is 0. The number of rotatable bonds is 7. The zero-order valence-corrected chi connectivity index (χ0v) is 12.7. The highest BCUT2D eigenvalue weighted by Crippen LogP contribution is 2.12. The second kappa shape index (κ2) is 8.08. The highest BCUT2D eigenvalue weighted by Gasteiger charge is 2.19. The topological polar surface area (TPSA) is 63.4 Å². The molecule has 2 aromatic rings. The standard InChI is InChI=1S/C18H19FN2O2/c19-16-9-5-4-8-15(16)18(23)21(13-11-17(20)22)12-10-14-6-2-1-3-7-14/h1-9H,10-13H2,(H2,20,22). The molecule has 0 heterocycles. The molecule has 0 aliphatic heterocycles. The van der Waals surface area contributed by atoms with E-state index in [4.69, 9.17) is 5.73 Å². The molecular weight excluding hydrogens is 295 g/mol. The number of hydrogen-bond donors (Lipinski definition) is 1. The van der Waals surface area contributed by atoms with Gasteiger partial charge in [-0.15, -0.1) is 0 Å². The molecule has 0 radical (unpaired) electrons. The molecule has 0 spiro atoms. The van der Waals surface area contributed by atoms with Gasteiger partial charge in [-0.2, -0.15) is 0 Å². The number of nitrogens with zero attached hydrogens (tertiary/aromatic N) is 1. The summed E-state index contributed by atoms with van der Waals surface area (Å²) in [6, 6.07) is 15.5. The van der Waals surface area contributed by atoms with Crippen LogP contribution in [0.1, 0.15) is 22.3 Å². The van der Waals surface area contributed by atoms with Crippen LogP contribution in [0.4, 0.5) is 4.39 Å². The van der Waals surface area contributed by atoms with E-state index < -0.39 is 17.6 Å². The third-order valence-electron chi connectivity index (χ3n) is 3.53. The number of carbonyl (C=O) groups is 2. The van der Waals surface area contributed by atoms with Crippen molar-refractivity contribution in [3.63, 3.8) is 0 Å². The van der Waals surface area contributed by atoms with Crippen LogP contribution >= 0.6 is 0 Å². The van der Waals surface area contributed by atoms with Crippen LogP contribution in [-0.4, -0.2) is 29.8 Å². The van der Waals surface area contributed by atoms with Crippen LogP contribution in [0.25, 0.3) is 0 Å². The Balaban J connectivity index is 2.11. The number of carbonyl (C=O) groups excluding carboxylic acids is 2. The van der Waals surface area contributed by atoms with E-state index in [9.17, 15) is 14.0 Å². The molecule has 120 valence electrons. The maximum absolute atomic E-state index is 13.8. The first kappa shape index (κ1) is 16.7. The summed E-state index contributed by atoms with van der Waals surface area (Å²) in [6.45, 7) is 0.569. The van der Waals surface area contributed by atoms with Crippen LogP contribution in [-0.2, 0) is 11.2 Å². The molecule has 23 heavy (non-hydrogen) atoms. The monoisotopic (exact) mass is 314 g/mol. The molecule has 5 heteroatoms. The van der Waals surface area contributed by atoms with Crippen molar-refractivity contribution in [2.45, 2.75) is 12.8 Å². The predicted octanol–water partition coefficient (Wildman–Crippen LogP) is 2.39. The van der Waals surface area contributed by atoms with Crippen molar-refractivity contribution >= 4 is 11.8 Å². The van der Waals surface area contributed by atoms with Crippen LogP contribution in [0.5, 0.6) is 0 Å². The van der Waals surface area contributed by atoms with Gasteiger partial charge in [0.2, 0.25) is 5.91 Å². The van der Waals surface area contributed by atoms with Gasteiger partial charge in [-0.1, -0.05) is 42.5 Å². The fraction of sp³-hybridized carbons (Fsp3) is 0.222. The third kappa shape index (κ3) is 4.92. The van der Waals surface area contributed by atoms with Crippen LogP contribution < -0.4 is 5.73 Å². The molecule has 4 nitrogen and oxygen atoms in total. The van der Waals surface area contributed by atoms with Crippen molar-refractivity contribution in [1.29, 1.82) is 0 Å². The maximum Gasteiger partial charge on any atom is 0.256 e. The van der Waals surface area contributed by atoms with E-state index in [-0.39, 0.29) is 18.5 Å². The van der Waals surface area contributed by atoms with E-state index in [1.54, 1.807) is 6.07 Å². The van der Waals surface area contributed by atoms with E-state index in [0.29, 0.717) is 13.0 Å². The molecule has 0 fully saturated rings. The van der Waals surface area contributed by atoms with E-state index in [2.05, 4.69) is 0 Å². The minimum Gasteiger partial charge on any atom is -0.370 e. The van der Waals surface area contributed by atoms with Gasteiger partial charge in [0, 0.05) is 19.5 Å². The first-order valence-electron chi connectivity index (χ1n) is 7.44. The molecule has 0 saturated carbocycles. The van der Waals surface area contributed by atoms with Crippen molar-refractivity contribution in [1.82, 2.24) is 4.90 Å². The molecule has 0 bridgehead atoms. The van der Waals surface area contributed by atoms with E-state index in [0.717, 1.165) is 5.56 Å². The van der Waals surface area contributed by atoms with Gasteiger partial charge in [-0.3, -0.25) is 9.59 Å². The molecule has 2 N–H and O–H groups in total. The summed E-state index contributed by atoms with van der Waals surface area (Å²) in [5.41, 5.74) is 6.24. The number of hydrogen-bond acceptors (Lipinski definition) is 2. The Morgan fingerprint density at radius 3 is 2.26 bits per heavy atom. The van der Waals surface area contributed by atoms with Crippen molar-refractivity contribution in [2.75, 3.05) is 13.1 Å². The molecule has 2 rings (SSSR count). The lowest BCUT2D eigenvalue weighted by molar-refractivity contribution is -0.118. The summed E-state index contributed by atoms with van der Waals surface area (Å²) in [5.74, 6) is -1.49. The van der Waals surface area contributed by atoms with Gasteiger partial charge in [0.15, 0.2) is 0 Å². The van der Waals surface area contributed by atoms with Gasteiger partial charge in [0.1, 0.15) is 5.82 Å². The van der Waals surface area contributed by atoms with Crippen LogP contribution in [0.2, 0.25) is 0 Å². The first-order valence-corrected chi connectivity index (χ1v) is 7.44. The molecule has 0 aromatic heterocycles. The second-order valence-corrected chi connectivity index (χ2v) is 5.22. The number of amides is 2. The summed E-state index contributed by atoms with van der Waals surface area (Å²) in [7, 11) is 0. The third-order valence-corrected chi connectivity index (χ3v) is 3.53. The van der Waals surface area contributed by atoms with Crippen molar-refractivity contribution in [2.24, 2.45) is 5.73 Å². The van der Waals surface area contributed by atoms with Crippen molar-refractivity contribution in [3.8, 4) is 0 Å². The molecule has 0 saturated heterocycles. The van der Waals surface area contributed by atoms with Gasteiger partial charge in [-0.05, 0) is 24.1 Å². The summed E-state index contributed by atoms with van der Waals surface area (Å²) in [4.78, 5) is 25.0. The largest absolute Gasteiger partial charge is 0.370 e. The lowest BCUT2D eigenvalue weighted by Crippen LogP contribution is -2.36. The van der Waals surface area contributed by atoms with E-state index in [1.165, 1.54) is 23.1 Å². The SMILES string of the molecule is NC(=O)CCN(CCc1ccccc1)C(=O)c1ccccc1F. The Hall–Kier alpha value is -2.69. The molecule has 2 aromatic carbocycles. The number of benzene rings is 2. The molecule has 0 unspecified atom stereocenters. The highest BCUT2D eigenvalue weighted by molar-refractivity contribution is 5.94. The number of nitrogens with two attached hydrogens (primary N) is 1. The average Bonchev–Trinajstić information content (AvgIpc) is 2.55. The molecule has 2 amide bonds. The van der Waals surface area contributed by atoms with E-state index in [1.807, 2.05) is 30.3 Å². The molecule has 0 atom stereocenters. The highest BCUT2D eigenvalue weighted by atomic mass is 19.1. The summed E-state index contributed by atoms with van der Waals surface area (Å²) in [5, 5.41) is 0. The minimum atomic E-state index is -0.568. The van der Waals surface area contributed by atoms with Crippen LogP contribution in [0.15, 0.2) is 54.6 Å². The van der Waals surface area contributed by atoms with Gasteiger partial charge in [0.05, 0.1) is 5.56 Å². The smallest absolute Gasteiger partial charge is 0.256 e.